The number of anilines is 1. The quantitative estimate of drug-likeness (QED) is 0.710. The van der Waals surface area contributed by atoms with Crippen LogP contribution in [-0.4, -0.2) is 86.3 Å². The van der Waals surface area contributed by atoms with E-state index in [0.29, 0.717) is 36.8 Å². The lowest BCUT2D eigenvalue weighted by molar-refractivity contribution is -0.123. The van der Waals surface area contributed by atoms with Crippen LogP contribution in [0.1, 0.15) is 6.42 Å². The van der Waals surface area contributed by atoms with Crippen molar-refractivity contribution in [2.75, 3.05) is 58.5 Å². The molecule has 26 heavy (non-hydrogen) atoms. The van der Waals surface area contributed by atoms with Crippen LogP contribution in [0.5, 0.6) is 11.5 Å². The van der Waals surface area contributed by atoms with E-state index in [1.165, 1.54) is 12.0 Å². The molecular weight excluding hydrogens is 338 g/mol. The molecular formula is C18H25N3O5. The number of aliphatic hydroxyl groups is 1. The summed E-state index contributed by atoms with van der Waals surface area (Å²) in [7, 11) is 3.05. The van der Waals surface area contributed by atoms with Gasteiger partial charge in [-0.1, -0.05) is 0 Å². The molecule has 0 bridgehead atoms. The smallest absolute Gasteiger partial charge is 0.251 e. The van der Waals surface area contributed by atoms with Crippen molar-refractivity contribution in [3.8, 4) is 11.5 Å². The van der Waals surface area contributed by atoms with E-state index in [4.69, 9.17) is 14.6 Å². The number of imide groups is 1. The van der Waals surface area contributed by atoms with Gasteiger partial charge in [-0.25, -0.2) is 4.90 Å². The van der Waals surface area contributed by atoms with Gasteiger partial charge in [-0.2, -0.15) is 0 Å². The number of benzene rings is 1. The van der Waals surface area contributed by atoms with Crippen LogP contribution in [0.25, 0.3) is 0 Å². The molecule has 0 aromatic heterocycles. The van der Waals surface area contributed by atoms with Gasteiger partial charge in [-0.15, -0.1) is 0 Å². The van der Waals surface area contributed by atoms with Crippen LogP contribution in [0, 0.1) is 0 Å². The second-order valence-corrected chi connectivity index (χ2v) is 6.43. The van der Waals surface area contributed by atoms with Crippen molar-refractivity contribution in [2.24, 2.45) is 0 Å². The number of rotatable bonds is 6. The van der Waals surface area contributed by atoms with Crippen molar-refractivity contribution >= 4 is 17.5 Å². The Kier molecular flexibility index (Phi) is 5.75. The van der Waals surface area contributed by atoms with E-state index in [1.807, 2.05) is 0 Å². The van der Waals surface area contributed by atoms with Crippen LogP contribution in [0.4, 0.5) is 5.69 Å². The number of ether oxygens (including phenoxy) is 2. The molecule has 0 saturated carbocycles. The fourth-order valence-corrected chi connectivity index (χ4v) is 3.56. The highest BCUT2D eigenvalue weighted by Gasteiger charge is 2.44. The summed E-state index contributed by atoms with van der Waals surface area (Å²) in [5.74, 6) is 0.594. The number of piperazine rings is 1. The van der Waals surface area contributed by atoms with Crippen LogP contribution >= 0.6 is 0 Å². The Morgan fingerprint density at radius 1 is 1.12 bits per heavy atom. The average Bonchev–Trinajstić information content (AvgIpc) is 2.96. The van der Waals surface area contributed by atoms with Crippen molar-refractivity contribution in [3.63, 3.8) is 0 Å². The molecule has 0 aliphatic carbocycles. The van der Waals surface area contributed by atoms with E-state index in [-0.39, 0.29) is 24.8 Å². The highest BCUT2D eigenvalue weighted by molar-refractivity contribution is 6.23. The van der Waals surface area contributed by atoms with Crippen LogP contribution in [0.15, 0.2) is 18.2 Å². The Morgan fingerprint density at radius 2 is 1.85 bits per heavy atom. The number of β-amino-alcohol motifs (C(OH)–C–C–N with tert-alkyl or cyclic N) is 1. The van der Waals surface area contributed by atoms with Gasteiger partial charge < -0.3 is 14.6 Å². The first-order chi connectivity index (χ1) is 12.6. The van der Waals surface area contributed by atoms with Crippen molar-refractivity contribution in [1.82, 2.24) is 9.80 Å². The number of hydrogen-bond acceptors (Lipinski definition) is 7. The molecule has 2 saturated heterocycles. The molecule has 2 aliphatic rings. The topological polar surface area (TPSA) is 82.5 Å². The fraction of sp³-hybridized carbons (Fsp3) is 0.556. The third-order valence-electron chi connectivity index (χ3n) is 5.01. The van der Waals surface area contributed by atoms with Crippen LogP contribution in [0.3, 0.4) is 0 Å². The fourth-order valence-electron chi connectivity index (χ4n) is 3.56. The highest BCUT2D eigenvalue weighted by atomic mass is 16.5. The molecule has 0 unspecified atom stereocenters. The summed E-state index contributed by atoms with van der Waals surface area (Å²) >= 11 is 0. The van der Waals surface area contributed by atoms with Gasteiger partial charge in [-0.3, -0.25) is 19.4 Å². The maximum atomic E-state index is 13.0. The Labute approximate surface area is 152 Å². The summed E-state index contributed by atoms with van der Waals surface area (Å²) in [6, 6.07) is 4.61. The first-order valence-corrected chi connectivity index (χ1v) is 8.75. The molecule has 8 nitrogen and oxygen atoms in total. The lowest BCUT2D eigenvalue weighted by Gasteiger charge is -2.36. The molecule has 8 heteroatoms. The summed E-state index contributed by atoms with van der Waals surface area (Å²) in [4.78, 5) is 31.0. The highest BCUT2D eigenvalue weighted by Crippen LogP contribution is 2.36. The van der Waals surface area contributed by atoms with E-state index < -0.39 is 6.04 Å². The number of carbonyl (C=O) groups excluding carboxylic acids is 2. The van der Waals surface area contributed by atoms with Crippen molar-refractivity contribution in [2.45, 2.75) is 12.5 Å². The zero-order chi connectivity index (χ0) is 18.7. The van der Waals surface area contributed by atoms with Gasteiger partial charge in [0.15, 0.2) is 0 Å². The van der Waals surface area contributed by atoms with E-state index in [9.17, 15) is 9.59 Å². The minimum absolute atomic E-state index is 0.131. The SMILES string of the molecule is COc1ccc(N2C(=O)C[C@@H](N3CCN(CCO)CC3)C2=O)c(OC)c1. The van der Waals surface area contributed by atoms with Crippen LogP contribution in [0.2, 0.25) is 0 Å². The van der Waals surface area contributed by atoms with Gasteiger partial charge in [0.25, 0.3) is 5.91 Å². The summed E-state index contributed by atoms with van der Waals surface area (Å²) in [6.45, 7) is 3.75. The minimum Gasteiger partial charge on any atom is -0.497 e. The molecule has 2 heterocycles. The van der Waals surface area contributed by atoms with Gasteiger partial charge in [0.2, 0.25) is 5.91 Å². The van der Waals surface area contributed by atoms with Crippen LogP contribution in [-0.2, 0) is 9.59 Å². The van der Waals surface area contributed by atoms with Crippen molar-refractivity contribution in [1.29, 1.82) is 0 Å². The molecule has 2 aliphatic heterocycles. The normalized spacial score (nSPS) is 22.1. The number of nitrogens with zero attached hydrogens (tertiary/aromatic N) is 3. The average molecular weight is 363 g/mol. The molecule has 3 rings (SSSR count). The maximum absolute atomic E-state index is 13.0. The predicted octanol–water partition coefficient (Wildman–Crippen LogP) is -0.0544. The standard InChI is InChI=1S/C18H25N3O5/c1-25-13-3-4-14(16(11-13)26-2)21-17(23)12-15(18(21)24)20-7-5-19(6-8-20)9-10-22/h3-4,11,15,22H,5-10,12H2,1-2H3/t15-/m1/s1. The Morgan fingerprint density at radius 3 is 2.46 bits per heavy atom. The third kappa shape index (κ3) is 3.53. The molecule has 1 aromatic carbocycles. The molecule has 142 valence electrons. The lowest BCUT2D eigenvalue weighted by atomic mass is 10.1. The number of aliphatic hydroxyl groups excluding tert-OH is 1. The number of hydrogen-bond donors (Lipinski definition) is 1. The Balaban J connectivity index is 1.76. The summed E-state index contributed by atoms with van der Waals surface area (Å²) in [6.07, 6.45) is 0.175. The molecule has 1 aromatic rings. The summed E-state index contributed by atoms with van der Waals surface area (Å²) in [5, 5.41) is 9.04. The maximum Gasteiger partial charge on any atom is 0.251 e. The molecule has 1 atom stereocenters. The van der Waals surface area contributed by atoms with Gasteiger partial charge in [0.05, 0.1) is 39.0 Å². The third-order valence-corrected chi connectivity index (χ3v) is 5.01. The number of methoxy groups -OCH3 is 2. The number of amides is 2. The van der Waals surface area contributed by atoms with E-state index in [2.05, 4.69) is 9.80 Å². The summed E-state index contributed by atoms with van der Waals surface area (Å²) in [5.41, 5.74) is 0.449. The van der Waals surface area contributed by atoms with Gasteiger partial charge >= 0.3 is 0 Å². The first kappa shape index (κ1) is 18.6. The first-order valence-electron chi connectivity index (χ1n) is 8.75. The predicted molar refractivity (Wildman–Crippen MR) is 95.5 cm³/mol. The van der Waals surface area contributed by atoms with E-state index >= 15 is 0 Å². The Bertz CT molecular complexity index is 673. The van der Waals surface area contributed by atoms with Crippen molar-refractivity contribution < 1.29 is 24.2 Å². The van der Waals surface area contributed by atoms with E-state index in [1.54, 1.807) is 25.3 Å². The lowest BCUT2D eigenvalue weighted by Crippen LogP contribution is -2.53. The molecule has 2 fully saturated rings. The molecule has 0 radical (unpaired) electrons. The molecule has 0 spiro atoms. The monoisotopic (exact) mass is 363 g/mol. The van der Waals surface area contributed by atoms with Gasteiger partial charge in [0.1, 0.15) is 11.5 Å². The van der Waals surface area contributed by atoms with Gasteiger partial charge in [-0.05, 0) is 12.1 Å². The molecule has 1 N–H and O–H groups in total. The van der Waals surface area contributed by atoms with Crippen molar-refractivity contribution in [3.05, 3.63) is 18.2 Å². The largest absolute Gasteiger partial charge is 0.497 e. The van der Waals surface area contributed by atoms with E-state index in [0.717, 1.165) is 13.1 Å². The Hall–Kier alpha value is -2.16. The second kappa shape index (κ2) is 8.03. The minimum atomic E-state index is -0.439. The zero-order valence-corrected chi connectivity index (χ0v) is 15.2. The molecule has 2 amide bonds. The summed E-state index contributed by atoms with van der Waals surface area (Å²) < 4.78 is 10.5. The second-order valence-electron chi connectivity index (χ2n) is 6.43. The zero-order valence-electron chi connectivity index (χ0n) is 15.2. The number of carbonyl (C=O) groups is 2. The van der Waals surface area contributed by atoms with Crippen LogP contribution < -0.4 is 14.4 Å². The van der Waals surface area contributed by atoms with Gasteiger partial charge in [0, 0.05) is 38.8 Å².